The van der Waals surface area contributed by atoms with Crippen molar-refractivity contribution < 1.29 is 0 Å². The summed E-state index contributed by atoms with van der Waals surface area (Å²) >= 11 is 0. The highest BCUT2D eigenvalue weighted by molar-refractivity contribution is 4.77. The van der Waals surface area contributed by atoms with Crippen LogP contribution in [0.25, 0.3) is 0 Å². The molecule has 0 radical (unpaired) electrons. The minimum Gasteiger partial charge on any atom is -0.313 e. The van der Waals surface area contributed by atoms with Crippen LogP contribution in [0.2, 0.25) is 0 Å². The van der Waals surface area contributed by atoms with E-state index in [-0.39, 0.29) is 0 Å². The van der Waals surface area contributed by atoms with E-state index in [0.29, 0.717) is 6.04 Å². The minimum atomic E-state index is 0.696. The van der Waals surface area contributed by atoms with Crippen LogP contribution in [0.15, 0.2) is 0 Å². The third-order valence-corrected chi connectivity index (χ3v) is 3.86. The lowest BCUT2D eigenvalue weighted by molar-refractivity contribution is 0.177. The number of piperidine rings is 1. The van der Waals surface area contributed by atoms with Crippen LogP contribution in [0.3, 0.4) is 0 Å². The summed E-state index contributed by atoms with van der Waals surface area (Å²) in [5, 5.41) is 3.70. The van der Waals surface area contributed by atoms with Gasteiger partial charge in [0.25, 0.3) is 0 Å². The van der Waals surface area contributed by atoms with Crippen molar-refractivity contribution in [3.8, 4) is 0 Å². The number of nitrogens with one attached hydrogen (secondary N) is 1. The predicted octanol–water partition coefficient (Wildman–Crippen LogP) is 3.03. The molecule has 1 aliphatic heterocycles. The summed E-state index contributed by atoms with van der Waals surface area (Å²) in [5.74, 6) is 0. The highest BCUT2D eigenvalue weighted by atomic mass is 15.2. The molecule has 1 N–H and O–H groups in total. The molecule has 2 nitrogen and oxygen atoms in total. The second-order valence-electron chi connectivity index (χ2n) is 5.44. The number of hydrogen-bond donors (Lipinski definition) is 1. The molecule has 1 saturated heterocycles. The fraction of sp³-hybridized carbons (Fsp3) is 1.00. The minimum absolute atomic E-state index is 0.696. The summed E-state index contributed by atoms with van der Waals surface area (Å²) in [6, 6.07) is 1.48. The van der Waals surface area contributed by atoms with Crippen LogP contribution in [0.1, 0.15) is 58.8 Å². The van der Waals surface area contributed by atoms with Crippen LogP contribution < -0.4 is 5.32 Å². The van der Waals surface area contributed by atoms with Crippen molar-refractivity contribution in [2.75, 3.05) is 20.1 Å². The van der Waals surface area contributed by atoms with Gasteiger partial charge in [-0.15, -0.1) is 0 Å². The summed E-state index contributed by atoms with van der Waals surface area (Å²) < 4.78 is 0. The topological polar surface area (TPSA) is 15.3 Å². The third-order valence-electron chi connectivity index (χ3n) is 3.86. The Labute approximate surface area is 102 Å². The summed E-state index contributed by atoms with van der Waals surface area (Å²) in [6.07, 6.45) is 9.62. The van der Waals surface area contributed by atoms with E-state index in [0.717, 1.165) is 6.04 Å². The molecule has 2 atom stereocenters. The van der Waals surface area contributed by atoms with Gasteiger partial charge in [0.05, 0.1) is 0 Å². The molecule has 0 saturated carbocycles. The second-order valence-corrected chi connectivity index (χ2v) is 5.44. The van der Waals surface area contributed by atoms with Crippen molar-refractivity contribution in [1.82, 2.24) is 10.2 Å². The number of likely N-dealkylation sites (tertiary alicyclic amines) is 1. The van der Waals surface area contributed by atoms with E-state index in [2.05, 4.69) is 31.1 Å². The van der Waals surface area contributed by atoms with Gasteiger partial charge in [-0.3, -0.25) is 0 Å². The highest BCUT2D eigenvalue weighted by Gasteiger charge is 2.18. The molecular formula is C14H30N2. The SMILES string of the molecule is CCCCCC(C)NCC1CCCCN1C. The van der Waals surface area contributed by atoms with Crippen LogP contribution >= 0.6 is 0 Å². The van der Waals surface area contributed by atoms with Gasteiger partial charge in [-0.05, 0) is 39.8 Å². The fourth-order valence-corrected chi connectivity index (χ4v) is 2.54. The van der Waals surface area contributed by atoms with Crippen molar-refractivity contribution in [2.45, 2.75) is 70.9 Å². The quantitative estimate of drug-likeness (QED) is 0.671. The zero-order chi connectivity index (χ0) is 11.8. The monoisotopic (exact) mass is 226 g/mol. The molecule has 96 valence electrons. The average molecular weight is 226 g/mol. The molecule has 0 aromatic heterocycles. The van der Waals surface area contributed by atoms with E-state index in [4.69, 9.17) is 0 Å². The Morgan fingerprint density at radius 1 is 1.31 bits per heavy atom. The first kappa shape index (κ1) is 14.0. The van der Waals surface area contributed by atoms with Crippen molar-refractivity contribution in [3.63, 3.8) is 0 Å². The number of hydrogen-bond acceptors (Lipinski definition) is 2. The van der Waals surface area contributed by atoms with Gasteiger partial charge in [-0.25, -0.2) is 0 Å². The van der Waals surface area contributed by atoms with Crippen LogP contribution in [0.4, 0.5) is 0 Å². The molecule has 0 aromatic carbocycles. The maximum absolute atomic E-state index is 3.70. The number of unbranched alkanes of at least 4 members (excludes halogenated alkanes) is 2. The molecule has 0 aliphatic carbocycles. The number of nitrogens with zero attached hydrogens (tertiary/aromatic N) is 1. The van der Waals surface area contributed by atoms with E-state index in [1.54, 1.807) is 0 Å². The Hall–Kier alpha value is -0.0800. The molecule has 2 heteroatoms. The van der Waals surface area contributed by atoms with E-state index in [1.165, 1.54) is 58.0 Å². The first-order chi connectivity index (χ1) is 7.74. The van der Waals surface area contributed by atoms with Crippen molar-refractivity contribution in [2.24, 2.45) is 0 Å². The Kier molecular flexibility index (Phi) is 7.06. The van der Waals surface area contributed by atoms with Gasteiger partial charge in [0.1, 0.15) is 0 Å². The van der Waals surface area contributed by atoms with E-state index in [1.807, 2.05) is 0 Å². The van der Waals surface area contributed by atoms with Crippen LogP contribution in [-0.4, -0.2) is 37.1 Å². The molecule has 1 fully saturated rings. The molecular weight excluding hydrogens is 196 g/mol. The molecule has 0 amide bonds. The molecule has 16 heavy (non-hydrogen) atoms. The zero-order valence-corrected chi connectivity index (χ0v) is 11.5. The Balaban J connectivity index is 2.07. The molecule has 1 rings (SSSR count). The molecule has 2 unspecified atom stereocenters. The summed E-state index contributed by atoms with van der Waals surface area (Å²) in [7, 11) is 2.27. The molecule has 0 spiro atoms. The largest absolute Gasteiger partial charge is 0.313 e. The van der Waals surface area contributed by atoms with Gasteiger partial charge < -0.3 is 10.2 Å². The van der Waals surface area contributed by atoms with Gasteiger partial charge >= 0.3 is 0 Å². The highest BCUT2D eigenvalue weighted by Crippen LogP contribution is 2.14. The third kappa shape index (κ3) is 5.31. The van der Waals surface area contributed by atoms with E-state index < -0.39 is 0 Å². The van der Waals surface area contributed by atoms with Gasteiger partial charge in [-0.1, -0.05) is 32.6 Å². The van der Waals surface area contributed by atoms with E-state index in [9.17, 15) is 0 Å². The normalized spacial score (nSPS) is 24.6. The predicted molar refractivity (Wildman–Crippen MR) is 71.9 cm³/mol. The van der Waals surface area contributed by atoms with Crippen LogP contribution in [0, 0.1) is 0 Å². The van der Waals surface area contributed by atoms with Crippen molar-refractivity contribution in [3.05, 3.63) is 0 Å². The van der Waals surface area contributed by atoms with Gasteiger partial charge in [0, 0.05) is 18.6 Å². The summed E-state index contributed by atoms with van der Waals surface area (Å²) in [5.41, 5.74) is 0. The fourth-order valence-electron chi connectivity index (χ4n) is 2.54. The lowest BCUT2D eigenvalue weighted by Gasteiger charge is -2.33. The summed E-state index contributed by atoms with van der Waals surface area (Å²) in [6.45, 7) is 7.08. The maximum Gasteiger partial charge on any atom is 0.0217 e. The first-order valence-corrected chi connectivity index (χ1v) is 7.17. The molecule has 0 bridgehead atoms. The van der Waals surface area contributed by atoms with Crippen LogP contribution in [-0.2, 0) is 0 Å². The lowest BCUT2D eigenvalue weighted by Crippen LogP contribution is -2.45. The summed E-state index contributed by atoms with van der Waals surface area (Å²) in [4.78, 5) is 2.52. The second kappa shape index (κ2) is 8.08. The molecule has 1 heterocycles. The van der Waals surface area contributed by atoms with Gasteiger partial charge in [0.2, 0.25) is 0 Å². The van der Waals surface area contributed by atoms with Crippen molar-refractivity contribution >= 4 is 0 Å². The number of likely N-dealkylation sites (N-methyl/N-ethyl adjacent to an activating group) is 1. The Bertz CT molecular complexity index is 170. The van der Waals surface area contributed by atoms with Crippen molar-refractivity contribution in [1.29, 1.82) is 0 Å². The standard InChI is InChI=1S/C14H30N2/c1-4-5-6-9-13(2)15-12-14-10-7-8-11-16(14)3/h13-15H,4-12H2,1-3H3. The lowest BCUT2D eigenvalue weighted by atomic mass is 10.0. The molecule has 1 aliphatic rings. The van der Waals surface area contributed by atoms with Gasteiger partial charge in [0.15, 0.2) is 0 Å². The smallest absolute Gasteiger partial charge is 0.0217 e. The van der Waals surface area contributed by atoms with Gasteiger partial charge in [-0.2, -0.15) is 0 Å². The van der Waals surface area contributed by atoms with E-state index >= 15 is 0 Å². The van der Waals surface area contributed by atoms with Crippen LogP contribution in [0.5, 0.6) is 0 Å². The number of rotatable bonds is 7. The Morgan fingerprint density at radius 2 is 2.12 bits per heavy atom. The average Bonchev–Trinajstić information content (AvgIpc) is 2.28. The first-order valence-electron chi connectivity index (χ1n) is 7.17. The zero-order valence-electron chi connectivity index (χ0n) is 11.5. The Morgan fingerprint density at radius 3 is 2.81 bits per heavy atom. The maximum atomic E-state index is 3.70. The molecule has 0 aromatic rings.